The molecule has 1 saturated heterocycles. The van der Waals surface area contributed by atoms with Crippen LogP contribution < -0.4 is 10.5 Å². The molecule has 4 aromatic rings. The molecule has 2 aromatic heterocycles. The Hall–Kier alpha value is -4.35. The van der Waals surface area contributed by atoms with Gasteiger partial charge in [0.05, 0.1) is 11.4 Å². The van der Waals surface area contributed by atoms with Gasteiger partial charge in [-0.25, -0.2) is 15.0 Å². The van der Waals surface area contributed by atoms with Crippen molar-refractivity contribution in [1.82, 2.24) is 24.8 Å². The lowest BCUT2D eigenvalue weighted by Gasteiger charge is -2.35. The predicted molar refractivity (Wildman–Crippen MR) is 149 cm³/mol. The zero-order valence-corrected chi connectivity index (χ0v) is 21.8. The van der Waals surface area contributed by atoms with Crippen LogP contribution >= 0.6 is 0 Å². The molecule has 192 valence electrons. The summed E-state index contributed by atoms with van der Waals surface area (Å²) in [5.74, 6) is 1.35. The van der Waals surface area contributed by atoms with E-state index in [1.54, 1.807) is 6.20 Å². The molecule has 0 atom stereocenters. The maximum atomic E-state index is 12.8. The van der Waals surface area contributed by atoms with E-state index in [4.69, 9.17) is 10.2 Å². The second-order valence-corrected chi connectivity index (χ2v) is 10.0. The highest BCUT2D eigenvalue weighted by Gasteiger charge is 2.19. The number of nitrogens with one attached hydrogen (secondary N) is 1. The maximum Gasteiger partial charge on any atom is 0.270 e. The van der Waals surface area contributed by atoms with E-state index < -0.39 is 0 Å². The molecule has 5 rings (SSSR count). The fourth-order valence-corrected chi connectivity index (χ4v) is 4.77. The van der Waals surface area contributed by atoms with Crippen molar-refractivity contribution < 1.29 is 0 Å². The molecule has 0 unspecified atom stereocenters. The molecule has 38 heavy (non-hydrogen) atoms. The van der Waals surface area contributed by atoms with Crippen molar-refractivity contribution in [3.05, 3.63) is 94.3 Å². The Morgan fingerprint density at radius 3 is 2.37 bits per heavy atom. The normalized spacial score (nSPS) is 14.0. The lowest BCUT2D eigenvalue weighted by atomic mass is 10.0. The Balaban J connectivity index is 1.32. The monoisotopic (exact) mass is 505 g/mol. The molecule has 8 nitrogen and oxygen atoms in total. The molecule has 0 spiro atoms. The van der Waals surface area contributed by atoms with Gasteiger partial charge in [-0.15, -0.1) is 0 Å². The maximum absolute atomic E-state index is 12.8. The second-order valence-electron chi connectivity index (χ2n) is 10.0. The van der Waals surface area contributed by atoms with E-state index in [1.807, 2.05) is 42.5 Å². The topological polar surface area (TPSA) is 102 Å². The first kappa shape index (κ1) is 25.3. The highest BCUT2D eigenvalue weighted by atomic mass is 16.1. The van der Waals surface area contributed by atoms with Gasteiger partial charge in [0.1, 0.15) is 17.6 Å². The molecule has 0 radical (unpaired) electrons. The standard InChI is InChI=1S/C30H31N7O/c1-21(2)18-25-30(38)35-29(23-6-4-3-5-7-23)28(33-25)24-10-8-22(9-11-24)20-36-14-16-37(17-15-36)27-12-13-32-26(19-31)34-27/h3-13,21H,14-18,20H2,1-2H3,(H,35,38). The summed E-state index contributed by atoms with van der Waals surface area (Å²) in [7, 11) is 0. The Kier molecular flexibility index (Phi) is 7.57. The minimum atomic E-state index is -0.122. The van der Waals surface area contributed by atoms with Crippen LogP contribution in [0.3, 0.4) is 0 Å². The van der Waals surface area contributed by atoms with Crippen molar-refractivity contribution in [2.24, 2.45) is 5.92 Å². The van der Waals surface area contributed by atoms with Crippen LogP contribution in [-0.4, -0.2) is 51.0 Å². The van der Waals surface area contributed by atoms with E-state index in [-0.39, 0.29) is 11.4 Å². The summed E-state index contributed by atoms with van der Waals surface area (Å²) in [5, 5.41) is 9.07. The van der Waals surface area contributed by atoms with E-state index >= 15 is 0 Å². The van der Waals surface area contributed by atoms with Gasteiger partial charge >= 0.3 is 0 Å². The molecule has 3 heterocycles. The average molecular weight is 506 g/mol. The molecule has 8 heteroatoms. The molecule has 0 saturated carbocycles. The van der Waals surface area contributed by atoms with Gasteiger partial charge in [0.25, 0.3) is 5.56 Å². The third-order valence-electron chi connectivity index (χ3n) is 6.72. The van der Waals surface area contributed by atoms with Gasteiger partial charge < -0.3 is 9.88 Å². The molecule has 1 aliphatic heterocycles. The number of nitrogens with zero attached hydrogens (tertiary/aromatic N) is 6. The summed E-state index contributed by atoms with van der Waals surface area (Å²) < 4.78 is 0. The van der Waals surface area contributed by atoms with E-state index in [9.17, 15) is 4.79 Å². The number of nitriles is 1. The zero-order valence-electron chi connectivity index (χ0n) is 21.8. The fraction of sp³-hybridized carbons (Fsp3) is 0.300. The largest absolute Gasteiger partial charge is 0.354 e. The minimum Gasteiger partial charge on any atom is -0.354 e. The molecule has 1 N–H and O–H groups in total. The quantitative estimate of drug-likeness (QED) is 0.400. The van der Waals surface area contributed by atoms with Crippen molar-refractivity contribution in [3.63, 3.8) is 0 Å². The number of anilines is 1. The number of H-pyrrole nitrogens is 1. The second kappa shape index (κ2) is 11.4. The molecule has 0 bridgehead atoms. The summed E-state index contributed by atoms with van der Waals surface area (Å²) in [6.07, 6.45) is 2.27. The summed E-state index contributed by atoms with van der Waals surface area (Å²) in [6, 6.07) is 22.3. The van der Waals surface area contributed by atoms with Crippen LogP contribution in [0.15, 0.2) is 71.7 Å². The lowest BCUT2D eigenvalue weighted by Crippen LogP contribution is -2.46. The Bertz CT molecular complexity index is 1480. The minimum absolute atomic E-state index is 0.122. The Morgan fingerprint density at radius 1 is 0.947 bits per heavy atom. The first-order valence-corrected chi connectivity index (χ1v) is 13.0. The molecule has 1 aliphatic rings. The molecule has 2 aromatic carbocycles. The molecule has 0 aliphatic carbocycles. The van der Waals surface area contributed by atoms with Gasteiger partial charge in [0.2, 0.25) is 5.82 Å². The van der Waals surface area contributed by atoms with Crippen molar-refractivity contribution in [1.29, 1.82) is 5.26 Å². The van der Waals surface area contributed by atoms with Crippen molar-refractivity contribution in [2.45, 2.75) is 26.8 Å². The van der Waals surface area contributed by atoms with E-state index in [2.05, 4.69) is 62.9 Å². The van der Waals surface area contributed by atoms with Crippen LogP contribution in [0.1, 0.15) is 30.9 Å². The van der Waals surface area contributed by atoms with Crippen LogP contribution in [0, 0.1) is 17.2 Å². The number of rotatable bonds is 7. The summed E-state index contributed by atoms with van der Waals surface area (Å²) in [6.45, 7) is 8.55. The SMILES string of the molecule is CC(C)Cc1nc(-c2ccc(CN3CCN(c4ccnc(C#N)n4)CC3)cc2)c(-c2ccccc2)[nH]c1=O. The number of aromatic amines is 1. The highest BCUT2D eigenvalue weighted by Crippen LogP contribution is 2.29. The van der Waals surface area contributed by atoms with E-state index in [1.165, 1.54) is 5.56 Å². The molecular weight excluding hydrogens is 474 g/mol. The first-order valence-electron chi connectivity index (χ1n) is 13.0. The van der Waals surface area contributed by atoms with Crippen LogP contribution in [0.25, 0.3) is 22.5 Å². The van der Waals surface area contributed by atoms with Crippen LogP contribution in [0.5, 0.6) is 0 Å². The van der Waals surface area contributed by atoms with Gasteiger partial charge in [-0.05, 0) is 24.0 Å². The van der Waals surface area contributed by atoms with Crippen LogP contribution in [0.2, 0.25) is 0 Å². The average Bonchev–Trinajstić information content (AvgIpc) is 2.95. The van der Waals surface area contributed by atoms with Crippen LogP contribution in [0.4, 0.5) is 5.82 Å². The summed E-state index contributed by atoms with van der Waals surface area (Å²) >= 11 is 0. The number of piperazine rings is 1. The van der Waals surface area contributed by atoms with Gasteiger partial charge in [-0.3, -0.25) is 9.69 Å². The number of aromatic nitrogens is 4. The third-order valence-corrected chi connectivity index (χ3v) is 6.72. The lowest BCUT2D eigenvalue weighted by molar-refractivity contribution is 0.249. The fourth-order valence-electron chi connectivity index (χ4n) is 4.77. The summed E-state index contributed by atoms with van der Waals surface area (Å²) in [4.78, 5) is 33.7. The van der Waals surface area contributed by atoms with Gasteiger partial charge in [0.15, 0.2) is 0 Å². The smallest absolute Gasteiger partial charge is 0.270 e. The number of hydrogen-bond acceptors (Lipinski definition) is 7. The first-order chi connectivity index (χ1) is 18.5. The Labute approximate surface area is 222 Å². The van der Waals surface area contributed by atoms with Gasteiger partial charge in [0, 0.05) is 50.0 Å². The van der Waals surface area contributed by atoms with Crippen molar-refractivity contribution in [3.8, 4) is 28.6 Å². The van der Waals surface area contributed by atoms with Crippen molar-refractivity contribution >= 4 is 5.82 Å². The zero-order chi connectivity index (χ0) is 26.5. The van der Waals surface area contributed by atoms with E-state index in [0.717, 1.165) is 61.1 Å². The number of hydrogen-bond donors (Lipinski definition) is 1. The molecule has 0 amide bonds. The Morgan fingerprint density at radius 2 is 1.68 bits per heavy atom. The summed E-state index contributed by atoms with van der Waals surface area (Å²) in [5.41, 5.74) is 5.14. The third kappa shape index (κ3) is 5.79. The van der Waals surface area contributed by atoms with Gasteiger partial charge in [-0.2, -0.15) is 5.26 Å². The van der Waals surface area contributed by atoms with Gasteiger partial charge in [-0.1, -0.05) is 68.4 Å². The van der Waals surface area contributed by atoms with Crippen molar-refractivity contribution in [2.75, 3.05) is 31.1 Å². The molecular formula is C30H31N7O. The highest BCUT2D eigenvalue weighted by molar-refractivity contribution is 5.77. The number of benzene rings is 2. The van der Waals surface area contributed by atoms with Crippen LogP contribution in [-0.2, 0) is 13.0 Å². The molecule has 1 fully saturated rings. The predicted octanol–water partition coefficient (Wildman–Crippen LogP) is 4.29. The van der Waals surface area contributed by atoms with E-state index in [0.29, 0.717) is 18.0 Å².